The van der Waals surface area contributed by atoms with Crippen LogP contribution in [0, 0.1) is 0 Å². The van der Waals surface area contributed by atoms with Crippen LogP contribution in [-0.2, 0) is 4.79 Å². The first kappa shape index (κ1) is 18.4. The number of hydrogen-bond donors (Lipinski definition) is 0. The van der Waals surface area contributed by atoms with Gasteiger partial charge in [-0.25, -0.2) is 0 Å². The molecular formula is C23H20O4. The van der Waals surface area contributed by atoms with E-state index >= 15 is 0 Å². The minimum atomic E-state index is -0.504. The lowest BCUT2D eigenvalue weighted by Crippen LogP contribution is -2.16. The summed E-state index contributed by atoms with van der Waals surface area (Å²) >= 11 is 0. The van der Waals surface area contributed by atoms with Crippen molar-refractivity contribution < 1.29 is 19.1 Å². The zero-order chi connectivity index (χ0) is 19.2. The fourth-order valence-corrected chi connectivity index (χ4v) is 2.69. The molecule has 3 aromatic carbocycles. The molecule has 136 valence electrons. The first-order valence-electron chi connectivity index (χ1n) is 8.64. The highest BCUT2D eigenvalue weighted by Crippen LogP contribution is 2.23. The summed E-state index contributed by atoms with van der Waals surface area (Å²) in [4.78, 5) is 25.1. The van der Waals surface area contributed by atoms with Crippen molar-refractivity contribution in [3.8, 4) is 11.5 Å². The predicted molar refractivity (Wildman–Crippen MR) is 103 cm³/mol. The summed E-state index contributed by atoms with van der Waals surface area (Å²) in [5, 5.41) is 0. The first-order chi connectivity index (χ1) is 13.1. The third-order valence-corrected chi connectivity index (χ3v) is 4.32. The van der Waals surface area contributed by atoms with E-state index in [2.05, 4.69) is 0 Å². The maximum atomic E-state index is 12.6. The molecule has 0 heterocycles. The van der Waals surface area contributed by atoms with Gasteiger partial charge >= 0.3 is 5.97 Å². The van der Waals surface area contributed by atoms with Gasteiger partial charge in [-0.1, -0.05) is 48.5 Å². The van der Waals surface area contributed by atoms with Crippen LogP contribution in [0.3, 0.4) is 0 Å². The van der Waals surface area contributed by atoms with E-state index in [1.165, 1.54) is 0 Å². The highest BCUT2D eigenvalue weighted by Gasteiger charge is 2.19. The smallest absolute Gasteiger partial charge is 0.318 e. The molecule has 0 fully saturated rings. The van der Waals surface area contributed by atoms with Crippen molar-refractivity contribution in [2.24, 2.45) is 0 Å². The minimum absolute atomic E-state index is 0.0758. The van der Waals surface area contributed by atoms with Gasteiger partial charge in [0.1, 0.15) is 11.5 Å². The fraction of sp³-hybridized carbons (Fsp3) is 0.130. The molecule has 0 spiro atoms. The number of esters is 1. The lowest BCUT2D eigenvalue weighted by Gasteiger charge is -2.13. The largest absolute Gasteiger partial charge is 0.497 e. The predicted octanol–water partition coefficient (Wildman–Crippen LogP) is 4.64. The lowest BCUT2D eigenvalue weighted by molar-refractivity contribution is -0.135. The maximum Gasteiger partial charge on any atom is 0.318 e. The number of methoxy groups -OCH3 is 1. The highest BCUT2D eigenvalue weighted by molar-refractivity contribution is 6.09. The maximum absolute atomic E-state index is 12.6. The summed E-state index contributed by atoms with van der Waals surface area (Å²) in [6.45, 7) is 1.76. The molecule has 0 aromatic heterocycles. The second-order valence-electron chi connectivity index (χ2n) is 6.14. The van der Waals surface area contributed by atoms with E-state index in [-0.39, 0.29) is 11.8 Å². The zero-order valence-electron chi connectivity index (χ0n) is 15.2. The van der Waals surface area contributed by atoms with Gasteiger partial charge in [0, 0.05) is 11.1 Å². The van der Waals surface area contributed by atoms with E-state index in [9.17, 15) is 9.59 Å². The van der Waals surface area contributed by atoms with Gasteiger partial charge in [-0.05, 0) is 42.8 Å². The Bertz CT molecular complexity index is 930. The van der Waals surface area contributed by atoms with Gasteiger partial charge in [0.15, 0.2) is 5.78 Å². The van der Waals surface area contributed by atoms with Gasteiger partial charge in [-0.2, -0.15) is 0 Å². The minimum Gasteiger partial charge on any atom is -0.497 e. The summed E-state index contributed by atoms with van der Waals surface area (Å²) in [5.74, 6) is 0.174. The van der Waals surface area contributed by atoms with Crippen LogP contribution in [0.5, 0.6) is 11.5 Å². The summed E-state index contributed by atoms with van der Waals surface area (Å²) < 4.78 is 10.5. The molecule has 4 nitrogen and oxygen atoms in total. The summed E-state index contributed by atoms with van der Waals surface area (Å²) in [6, 6.07) is 23.0. The molecular weight excluding hydrogens is 340 g/mol. The van der Waals surface area contributed by atoms with Crippen LogP contribution in [-0.4, -0.2) is 18.9 Å². The Balaban J connectivity index is 1.75. The molecule has 27 heavy (non-hydrogen) atoms. The molecule has 0 aliphatic heterocycles. The van der Waals surface area contributed by atoms with Crippen molar-refractivity contribution >= 4 is 11.8 Å². The Morgan fingerprint density at radius 3 is 2.07 bits per heavy atom. The number of carbonyl (C=O) groups is 2. The Kier molecular flexibility index (Phi) is 5.67. The quantitative estimate of drug-likeness (QED) is 0.365. The van der Waals surface area contributed by atoms with E-state index in [4.69, 9.17) is 9.47 Å². The number of benzene rings is 3. The average molecular weight is 360 g/mol. The Labute approximate surface area is 158 Å². The molecule has 0 saturated heterocycles. The molecule has 0 aliphatic rings. The van der Waals surface area contributed by atoms with Crippen molar-refractivity contribution in [3.63, 3.8) is 0 Å². The molecule has 3 aromatic rings. The lowest BCUT2D eigenvalue weighted by atomic mass is 9.96. The van der Waals surface area contributed by atoms with Gasteiger partial charge in [-0.3, -0.25) is 9.59 Å². The molecule has 0 bridgehead atoms. The zero-order valence-corrected chi connectivity index (χ0v) is 15.2. The summed E-state index contributed by atoms with van der Waals surface area (Å²) in [7, 11) is 1.58. The van der Waals surface area contributed by atoms with Crippen LogP contribution in [0.25, 0.3) is 0 Å². The molecule has 0 saturated carbocycles. The van der Waals surface area contributed by atoms with Crippen LogP contribution in [0.4, 0.5) is 0 Å². The van der Waals surface area contributed by atoms with Crippen molar-refractivity contribution in [1.82, 2.24) is 0 Å². The van der Waals surface area contributed by atoms with Gasteiger partial charge in [-0.15, -0.1) is 0 Å². The van der Waals surface area contributed by atoms with Crippen molar-refractivity contribution in [1.29, 1.82) is 0 Å². The molecule has 0 aliphatic carbocycles. The van der Waals surface area contributed by atoms with Crippen molar-refractivity contribution in [2.45, 2.75) is 12.8 Å². The summed E-state index contributed by atoms with van der Waals surface area (Å²) in [6.07, 6.45) is 0. The molecule has 1 atom stereocenters. The van der Waals surface area contributed by atoms with Gasteiger partial charge < -0.3 is 9.47 Å². The van der Waals surface area contributed by atoms with Gasteiger partial charge in [0.05, 0.1) is 13.0 Å². The number of ketones is 1. The Hall–Kier alpha value is -3.40. The standard InChI is InChI=1S/C23H20O4/c1-16(23(25)27-21-13-11-20(26-2)12-14-21)18-9-6-10-19(15-18)22(24)17-7-4-3-5-8-17/h3-16H,1-2H3/t16-/m0/s1. The second kappa shape index (κ2) is 8.32. The van der Waals surface area contributed by atoms with Crippen LogP contribution < -0.4 is 9.47 Å². The van der Waals surface area contributed by atoms with Crippen LogP contribution >= 0.6 is 0 Å². The third-order valence-electron chi connectivity index (χ3n) is 4.32. The van der Waals surface area contributed by atoms with E-state index in [1.54, 1.807) is 68.6 Å². The number of rotatable bonds is 6. The molecule has 0 radical (unpaired) electrons. The van der Waals surface area contributed by atoms with E-state index < -0.39 is 5.92 Å². The fourth-order valence-electron chi connectivity index (χ4n) is 2.69. The normalized spacial score (nSPS) is 11.5. The molecule has 3 rings (SSSR count). The monoisotopic (exact) mass is 360 g/mol. The van der Waals surface area contributed by atoms with Crippen molar-refractivity contribution in [3.05, 3.63) is 95.6 Å². The molecule has 0 unspecified atom stereocenters. The van der Waals surface area contributed by atoms with E-state index in [0.717, 1.165) is 5.56 Å². The number of hydrogen-bond acceptors (Lipinski definition) is 4. The Morgan fingerprint density at radius 2 is 1.41 bits per heavy atom. The molecule has 0 amide bonds. The van der Waals surface area contributed by atoms with E-state index in [0.29, 0.717) is 22.6 Å². The average Bonchev–Trinajstić information content (AvgIpc) is 2.74. The number of ether oxygens (including phenoxy) is 2. The second-order valence-corrected chi connectivity index (χ2v) is 6.14. The Morgan fingerprint density at radius 1 is 0.778 bits per heavy atom. The third kappa shape index (κ3) is 4.42. The first-order valence-corrected chi connectivity index (χ1v) is 8.64. The molecule has 4 heteroatoms. The van der Waals surface area contributed by atoms with Gasteiger partial charge in [0.2, 0.25) is 0 Å². The van der Waals surface area contributed by atoms with Gasteiger partial charge in [0.25, 0.3) is 0 Å². The summed E-state index contributed by atoms with van der Waals surface area (Å²) in [5.41, 5.74) is 1.89. The van der Waals surface area contributed by atoms with Crippen LogP contribution in [0.15, 0.2) is 78.9 Å². The SMILES string of the molecule is COc1ccc(OC(=O)[C@@H](C)c2cccc(C(=O)c3ccccc3)c2)cc1. The highest BCUT2D eigenvalue weighted by atomic mass is 16.5. The van der Waals surface area contributed by atoms with Crippen LogP contribution in [0.2, 0.25) is 0 Å². The van der Waals surface area contributed by atoms with E-state index in [1.807, 2.05) is 24.3 Å². The van der Waals surface area contributed by atoms with Crippen LogP contribution in [0.1, 0.15) is 34.3 Å². The number of carbonyl (C=O) groups excluding carboxylic acids is 2. The molecule has 0 N–H and O–H groups in total. The van der Waals surface area contributed by atoms with Crippen molar-refractivity contribution in [2.75, 3.05) is 7.11 Å². The topological polar surface area (TPSA) is 52.6 Å².